The van der Waals surface area contributed by atoms with Crippen LogP contribution in [0.1, 0.15) is 20.3 Å². The minimum atomic E-state index is -4.03. The van der Waals surface area contributed by atoms with Crippen LogP contribution in [0.2, 0.25) is 0 Å². The van der Waals surface area contributed by atoms with Crippen LogP contribution in [0.5, 0.6) is 23.0 Å². The minimum Gasteiger partial charge on any atom is -0.496 e. The summed E-state index contributed by atoms with van der Waals surface area (Å²) in [6, 6.07) is 11.4. The lowest BCUT2D eigenvalue weighted by molar-refractivity contribution is 0.308. The molecule has 0 amide bonds. The predicted octanol–water partition coefficient (Wildman–Crippen LogP) is 6.39. The summed E-state index contributed by atoms with van der Waals surface area (Å²) in [7, 11) is -1.30. The lowest BCUT2D eigenvalue weighted by atomic mass is 9.96. The monoisotopic (exact) mass is 518 g/mol. The number of benzene rings is 3. The standard InChI is InChI=1S/C27H28F2O6S/c1-17(2)7-6-14-34-23-13-10-19(15-22(23)29)25-24(32-3)16-21(18-8-11-20(28)12-9-18)26(33-4)27(25)35-36(5,30)31/h7-13,15-16H,6,14H2,1-5H3. The molecule has 3 aromatic rings. The normalized spacial score (nSPS) is 11.1. The summed E-state index contributed by atoms with van der Waals surface area (Å²) in [5, 5.41) is 0. The number of halogens is 2. The molecule has 0 aliphatic carbocycles. The van der Waals surface area contributed by atoms with Crippen LogP contribution in [-0.2, 0) is 10.1 Å². The van der Waals surface area contributed by atoms with Gasteiger partial charge in [0.2, 0.25) is 0 Å². The van der Waals surface area contributed by atoms with Crippen LogP contribution >= 0.6 is 0 Å². The van der Waals surface area contributed by atoms with Crippen molar-refractivity contribution >= 4 is 10.1 Å². The second-order valence-corrected chi connectivity index (χ2v) is 9.80. The van der Waals surface area contributed by atoms with E-state index in [9.17, 15) is 17.2 Å². The highest BCUT2D eigenvalue weighted by Gasteiger charge is 2.26. The summed E-state index contributed by atoms with van der Waals surface area (Å²) in [5.41, 5.74) is 2.52. The molecule has 0 aliphatic heterocycles. The van der Waals surface area contributed by atoms with E-state index in [0.29, 0.717) is 24.2 Å². The van der Waals surface area contributed by atoms with Gasteiger partial charge in [0, 0.05) is 5.56 Å². The average Bonchev–Trinajstić information content (AvgIpc) is 2.81. The van der Waals surface area contributed by atoms with Gasteiger partial charge in [0.1, 0.15) is 11.6 Å². The Balaban J connectivity index is 2.18. The maximum Gasteiger partial charge on any atom is 0.306 e. The van der Waals surface area contributed by atoms with Gasteiger partial charge in [-0.3, -0.25) is 0 Å². The third-order valence-corrected chi connectivity index (χ3v) is 5.63. The molecule has 36 heavy (non-hydrogen) atoms. The SMILES string of the molecule is COc1cc(-c2ccc(F)cc2)c(OC)c(OS(C)(=O)=O)c1-c1ccc(OCCC=C(C)C)c(F)c1. The zero-order valence-corrected chi connectivity index (χ0v) is 21.5. The quantitative estimate of drug-likeness (QED) is 0.176. The fourth-order valence-electron chi connectivity index (χ4n) is 3.62. The van der Waals surface area contributed by atoms with Crippen LogP contribution in [0.4, 0.5) is 8.78 Å². The molecule has 0 radical (unpaired) electrons. The summed E-state index contributed by atoms with van der Waals surface area (Å²) in [5.74, 6) is -0.947. The Kier molecular flexibility index (Phi) is 8.57. The third-order valence-electron chi connectivity index (χ3n) is 5.16. The van der Waals surface area contributed by atoms with Gasteiger partial charge in [0.05, 0.1) is 32.6 Å². The van der Waals surface area contributed by atoms with Gasteiger partial charge < -0.3 is 18.4 Å². The number of methoxy groups -OCH3 is 2. The first-order chi connectivity index (χ1) is 17.0. The van der Waals surface area contributed by atoms with E-state index >= 15 is 0 Å². The molecule has 9 heteroatoms. The average molecular weight is 519 g/mol. The molecule has 0 spiro atoms. The van der Waals surface area contributed by atoms with Crippen molar-refractivity contribution in [1.82, 2.24) is 0 Å². The van der Waals surface area contributed by atoms with Crippen molar-refractivity contribution in [3.05, 3.63) is 71.8 Å². The Labute approximate surface area is 210 Å². The maximum absolute atomic E-state index is 15.0. The van der Waals surface area contributed by atoms with Crippen LogP contribution in [0.25, 0.3) is 22.3 Å². The maximum atomic E-state index is 15.0. The zero-order chi connectivity index (χ0) is 26.5. The smallest absolute Gasteiger partial charge is 0.306 e. The van der Waals surface area contributed by atoms with Gasteiger partial charge >= 0.3 is 10.1 Å². The first-order valence-corrected chi connectivity index (χ1v) is 12.9. The van der Waals surface area contributed by atoms with Gasteiger partial charge in [-0.15, -0.1) is 0 Å². The van der Waals surface area contributed by atoms with Crippen LogP contribution in [-0.4, -0.2) is 35.5 Å². The van der Waals surface area contributed by atoms with E-state index in [2.05, 4.69) is 0 Å². The largest absolute Gasteiger partial charge is 0.496 e. The lowest BCUT2D eigenvalue weighted by Crippen LogP contribution is -2.09. The Morgan fingerprint density at radius 2 is 1.56 bits per heavy atom. The molecule has 0 atom stereocenters. The summed E-state index contributed by atoms with van der Waals surface area (Å²) >= 11 is 0. The molecule has 0 unspecified atom stereocenters. The number of rotatable bonds is 10. The second-order valence-electron chi connectivity index (χ2n) is 8.22. The van der Waals surface area contributed by atoms with E-state index in [1.165, 1.54) is 50.6 Å². The molecule has 192 valence electrons. The van der Waals surface area contributed by atoms with Crippen LogP contribution in [0.3, 0.4) is 0 Å². The first kappa shape index (κ1) is 27.0. The number of allylic oxidation sites excluding steroid dienone is 1. The van der Waals surface area contributed by atoms with E-state index in [4.69, 9.17) is 18.4 Å². The topological polar surface area (TPSA) is 71.1 Å². The molecule has 3 rings (SSSR count). The van der Waals surface area contributed by atoms with E-state index in [0.717, 1.165) is 11.8 Å². The minimum absolute atomic E-state index is 0.0559. The predicted molar refractivity (Wildman–Crippen MR) is 135 cm³/mol. The van der Waals surface area contributed by atoms with Gasteiger partial charge in [-0.05, 0) is 61.7 Å². The van der Waals surface area contributed by atoms with Crippen LogP contribution in [0.15, 0.2) is 60.2 Å². The second kappa shape index (κ2) is 11.4. The van der Waals surface area contributed by atoms with Crippen molar-refractivity contribution in [2.24, 2.45) is 0 Å². The number of ether oxygens (including phenoxy) is 3. The molecule has 0 aromatic heterocycles. The van der Waals surface area contributed by atoms with Crippen LogP contribution in [0, 0.1) is 11.6 Å². The molecule has 0 bridgehead atoms. The lowest BCUT2D eigenvalue weighted by Gasteiger charge is -2.21. The van der Waals surface area contributed by atoms with Crippen molar-refractivity contribution in [1.29, 1.82) is 0 Å². The molecule has 6 nitrogen and oxygen atoms in total. The summed E-state index contributed by atoms with van der Waals surface area (Å²) in [4.78, 5) is 0. The Morgan fingerprint density at radius 1 is 0.889 bits per heavy atom. The highest BCUT2D eigenvalue weighted by molar-refractivity contribution is 7.86. The van der Waals surface area contributed by atoms with Gasteiger partial charge in [0.25, 0.3) is 0 Å². The van der Waals surface area contributed by atoms with E-state index in [1.54, 1.807) is 12.1 Å². The Morgan fingerprint density at radius 3 is 2.11 bits per heavy atom. The summed E-state index contributed by atoms with van der Waals surface area (Å²) < 4.78 is 74.9. The summed E-state index contributed by atoms with van der Waals surface area (Å²) in [6.07, 6.45) is 3.50. The molecule has 0 saturated heterocycles. The van der Waals surface area contributed by atoms with Gasteiger partial charge in [-0.2, -0.15) is 8.42 Å². The summed E-state index contributed by atoms with van der Waals surface area (Å²) in [6.45, 7) is 4.23. The van der Waals surface area contributed by atoms with Crippen molar-refractivity contribution < 1.29 is 35.6 Å². The fourth-order valence-corrected chi connectivity index (χ4v) is 4.08. The molecular weight excluding hydrogens is 490 g/mol. The van der Waals surface area contributed by atoms with Crippen LogP contribution < -0.4 is 18.4 Å². The van der Waals surface area contributed by atoms with Crippen molar-refractivity contribution in [2.45, 2.75) is 20.3 Å². The first-order valence-electron chi connectivity index (χ1n) is 11.0. The fraction of sp³-hybridized carbons (Fsp3) is 0.259. The number of hydrogen-bond acceptors (Lipinski definition) is 6. The molecule has 0 saturated carbocycles. The van der Waals surface area contributed by atoms with E-state index in [1.807, 2.05) is 19.9 Å². The Bertz CT molecular complexity index is 1360. The van der Waals surface area contributed by atoms with Gasteiger partial charge in [-0.25, -0.2) is 8.78 Å². The number of hydrogen-bond donors (Lipinski definition) is 0. The third kappa shape index (κ3) is 6.54. The molecular formula is C27H28F2O6S. The van der Waals surface area contributed by atoms with Gasteiger partial charge in [-0.1, -0.05) is 29.8 Å². The van der Waals surface area contributed by atoms with E-state index < -0.39 is 21.8 Å². The van der Waals surface area contributed by atoms with Gasteiger partial charge in [0.15, 0.2) is 23.1 Å². The Hall–Kier alpha value is -3.59. The zero-order valence-electron chi connectivity index (χ0n) is 20.7. The molecule has 0 fully saturated rings. The molecule has 3 aromatic carbocycles. The molecule has 0 heterocycles. The molecule has 0 N–H and O–H groups in total. The molecule has 0 aliphatic rings. The van der Waals surface area contributed by atoms with Crippen molar-refractivity contribution in [3.8, 4) is 45.3 Å². The van der Waals surface area contributed by atoms with Crippen molar-refractivity contribution in [3.63, 3.8) is 0 Å². The highest BCUT2D eigenvalue weighted by Crippen LogP contribution is 2.51. The highest BCUT2D eigenvalue weighted by atomic mass is 32.2. The van der Waals surface area contributed by atoms with E-state index in [-0.39, 0.29) is 34.1 Å². The van der Waals surface area contributed by atoms with Crippen molar-refractivity contribution in [2.75, 3.05) is 27.1 Å².